The largest absolute Gasteiger partial charge is 0.478 e. The van der Waals surface area contributed by atoms with Crippen molar-refractivity contribution >= 4 is 11.9 Å². The Morgan fingerprint density at radius 2 is 2.06 bits per heavy atom. The number of carboxylic acid groups (broad SMARTS) is 1. The molecule has 0 saturated carbocycles. The number of hydrogen-bond acceptors (Lipinski definition) is 3. The Morgan fingerprint density at radius 3 is 2.62 bits per heavy atom. The van der Waals surface area contributed by atoms with Gasteiger partial charge in [-0.2, -0.15) is 0 Å². The predicted molar refractivity (Wildman–Crippen MR) is 58.7 cm³/mol. The van der Waals surface area contributed by atoms with Crippen molar-refractivity contribution in [3.05, 3.63) is 29.3 Å². The molecule has 86 valence electrons. The van der Waals surface area contributed by atoms with E-state index in [0.717, 1.165) is 5.56 Å². The van der Waals surface area contributed by atoms with Crippen LogP contribution in [0.15, 0.2) is 18.2 Å². The Bertz CT molecular complexity index is 409. The lowest BCUT2D eigenvalue weighted by Gasteiger charge is -2.07. The molecule has 16 heavy (non-hydrogen) atoms. The van der Waals surface area contributed by atoms with E-state index in [0.29, 0.717) is 6.42 Å². The Labute approximate surface area is 93.9 Å². The first-order valence-corrected chi connectivity index (χ1v) is 5.09. The highest BCUT2D eigenvalue weighted by molar-refractivity contribution is 5.92. The number of rotatable bonds is 4. The molecule has 1 N–H and O–H groups in total. The van der Waals surface area contributed by atoms with E-state index < -0.39 is 11.9 Å². The van der Waals surface area contributed by atoms with E-state index in [2.05, 4.69) is 0 Å². The molecule has 4 nitrogen and oxygen atoms in total. The molecular weight excluding hydrogens is 208 g/mol. The highest BCUT2D eigenvalue weighted by atomic mass is 16.5. The average molecular weight is 222 g/mol. The minimum absolute atomic E-state index is 0.0180. The third-order valence-electron chi connectivity index (χ3n) is 2.04. The van der Waals surface area contributed by atoms with Gasteiger partial charge in [0.1, 0.15) is 11.3 Å². The maximum absolute atomic E-state index is 11.3. The number of carboxylic acids is 1. The molecule has 0 radical (unpaired) electrons. The zero-order valence-electron chi connectivity index (χ0n) is 9.32. The molecule has 0 spiro atoms. The third-order valence-corrected chi connectivity index (χ3v) is 2.04. The number of carbonyl (C=O) groups is 2. The molecule has 0 aliphatic heterocycles. The van der Waals surface area contributed by atoms with E-state index in [9.17, 15) is 9.59 Å². The molecule has 1 aromatic carbocycles. The van der Waals surface area contributed by atoms with Gasteiger partial charge in [0.05, 0.1) is 0 Å². The van der Waals surface area contributed by atoms with Crippen LogP contribution >= 0.6 is 0 Å². The first-order chi connectivity index (χ1) is 7.54. The number of esters is 1. The number of aromatic carboxylic acids is 1. The lowest BCUT2D eigenvalue weighted by Crippen LogP contribution is -2.10. The minimum atomic E-state index is -1.09. The molecule has 0 unspecified atom stereocenters. The summed E-state index contributed by atoms with van der Waals surface area (Å²) < 4.78 is 4.98. The molecule has 4 heteroatoms. The summed E-state index contributed by atoms with van der Waals surface area (Å²) in [4.78, 5) is 22.2. The molecule has 1 rings (SSSR count). The smallest absolute Gasteiger partial charge is 0.339 e. The van der Waals surface area contributed by atoms with Crippen LogP contribution in [0.3, 0.4) is 0 Å². The maximum atomic E-state index is 11.3. The second-order valence-electron chi connectivity index (χ2n) is 3.53. The van der Waals surface area contributed by atoms with Crippen LogP contribution in [0.5, 0.6) is 5.75 Å². The lowest BCUT2D eigenvalue weighted by molar-refractivity contribution is -0.134. The van der Waals surface area contributed by atoms with Gasteiger partial charge < -0.3 is 9.84 Å². The summed E-state index contributed by atoms with van der Waals surface area (Å²) in [5.74, 6) is -1.39. The first-order valence-electron chi connectivity index (χ1n) is 5.09. The van der Waals surface area contributed by atoms with Gasteiger partial charge in [0, 0.05) is 6.42 Å². The maximum Gasteiger partial charge on any atom is 0.339 e. The van der Waals surface area contributed by atoms with Gasteiger partial charge in [0.15, 0.2) is 0 Å². The van der Waals surface area contributed by atoms with Crippen LogP contribution in [0, 0.1) is 6.92 Å². The molecule has 0 bridgehead atoms. The van der Waals surface area contributed by atoms with Crippen LogP contribution in [0.4, 0.5) is 0 Å². The van der Waals surface area contributed by atoms with E-state index in [-0.39, 0.29) is 17.7 Å². The highest BCUT2D eigenvalue weighted by Crippen LogP contribution is 2.20. The van der Waals surface area contributed by atoms with Crippen molar-refractivity contribution in [2.45, 2.75) is 26.7 Å². The summed E-state index contributed by atoms with van der Waals surface area (Å²) in [6, 6.07) is 4.70. The fourth-order valence-electron chi connectivity index (χ4n) is 1.28. The fraction of sp³-hybridized carbons (Fsp3) is 0.333. The normalized spacial score (nSPS) is 9.88. The van der Waals surface area contributed by atoms with Crippen molar-refractivity contribution < 1.29 is 19.4 Å². The second-order valence-corrected chi connectivity index (χ2v) is 3.53. The highest BCUT2D eigenvalue weighted by Gasteiger charge is 2.14. The van der Waals surface area contributed by atoms with Gasteiger partial charge in [0.25, 0.3) is 0 Å². The van der Waals surface area contributed by atoms with Crippen molar-refractivity contribution in [3.63, 3.8) is 0 Å². The molecular formula is C12H14O4. The van der Waals surface area contributed by atoms with Gasteiger partial charge in [-0.15, -0.1) is 0 Å². The Morgan fingerprint density at radius 1 is 1.38 bits per heavy atom. The topological polar surface area (TPSA) is 63.6 Å². The van der Waals surface area contributed by atoms with E-state index in [4.69, 9.17) is 9.84 Å². The van der Waals surface area contributed by atoms with Crippen LogP contribution in [0.1, 0.15) is 35.7 Å². The molecule has 0 aromatic heterocycles. The quantitative estimate of drug-likeness (QED) is 0.627. The number of ether oxygens (including phenoxy) is 1. The lowest BCUT2D eigenvalue weighted by atomic mass is 10.1. The van der Waals surface area contributed by atoms with Gasteiger partial charge in [0.2, 0.25) is 0 Å². The number of carbonyl (C=O) groups excluding carboxylic acids is 1. The molecule has 0 amide bonds. The van der Waals surface area contributed by atoms with E-state index in [1.807, 2.05) is 6.92 Å². The van der Waals surface area contributed by atoms with Gasteiger partial charge in [-0.05, 0) is 25.5 Å². The van der Waals surface area contributed by atoms with Crippen LogP contribution in [-0.4, -0.2) is 17.0 Å². The number of aryl methyl sites for hydroxylation is 1. The van der Waals surface area contributed by atoms with Crippen molar-refractivity contribution in [1.29, 1.82) is 0 Å². The third kappa shape index (κ3) is 3.08. The SMILES string of the molecule is CCCC(=O)Oc1ccc(C)cc1C(=O)O. The standard InChI is InChI=1S/C12H14O4/c1-3-4-11(13)16-10-6-5-8(2)7-9(10)12(14)15/h5-7H,3-4H2,1-2H3,(H,14,15). The van der Waals surface area contributed by atoms with Crippen molar-refractivity contribution in [1.82, 2.24) is 0 Å². The molecule has 0 fully saturated rings. The summed E-state index contributed by atoms with van der Waals surface area (Å²) in [5, 5.41) is 8.94. The summed E-state index contributed by atoms with van der Waals surface area (Å²) in [5.41, 5.74) is 0.831. The van der Waals surface area contributed by atoms with Gasteiger partial charge >= 0.3 is 11.9 Å². The number of hydrogen-bond donors (Lipinski definition) is 1. The van der Waals surface area contributed by atoms with Crippen LogP contribution in [0.25, 0.3) is 0 Å². The molecule has 0 saturated heterocycles. The monoisotopic (exact) mass is 222 g/mol. The van der Waals surface area contributed by atoms with E-state index >= 15 is 0 Å². The predicted octanol–water partition coefficient (Wildman–Crippen LogP) is 2.40. The molecule has 0 aliphatic carbocycles. The van der Waals surface area contributed by atoms with Gasteiger partial charge in [-0.1, -0.05) is 18.6 Å². The van der Waals surface area contributed by atoms with Gasteiger partial charge in [-0.25, -0.2) is 4.79 Å². The van der Waals surface area contributed by atoms with Crippen LogP contribution in [0.2, 0.25) is 0 Å². The summed E-state index contributed by atoms with van der Waals surface area (Å²) in [6.45, 7) is 3.64. The minimum Gasteiger partial charge on any atom is -0.478 e. The fourth-order valence-corrected chi connectivity index (χ4v) is 1.28. The van der Waals surface area contributed by atoms with Crippen LogP contribution in [-0.2, 0) is 4.79 Å². The average Bonchev–Trinajstić information content (AvgIpc) is 2.20. The summed E-state index contributed by atoms with van der Waals surface area (Å²) in [7, 11) is 0. The Balaban J connectivity index is 2.95. The second kappa shape index (κ2) is 5.30. The first kappa shape index (κ1) is 12.2. The summed E-state index contributed by atoms with van der Waals surface area (Å²) in [6.07, 6.45) is 0.958. The van der Waals surface area contributed by atoms with Crippen molar-refractivity contribution in [2.75, 3.05) is 0 Å². The molecule has 0 atom stereocenters. The van der Waals surface area contributed by atoms with E-state index in [1.165, 1.54) is 12.1 Å². The van der Waals surface area contributed by atoms with Crippen LogP contribution < -0.4 is 4.74 Å². The summed E-state index contributed by atoms with van der Waals surface area (Å²) >= 11 is 0. The van der Waals surface area contributed by atoms with Crippen molar-refractivity contribution in [3.8, 4) is 5.75 Å². The Kier molecular flexibility index (Phi) is 4.05. The number of benzene rings is 1. The zero-order valence-corrected chi connectivity index (χ0v) is 9.32. The molecule has 0 heterocycles. The van der Waals surface area contributed by atoms with E-state index in [1.54, 1.807) is 13.0 Å². The van der Waals surface area contributed by atoms with Crippen molar-refractivity contribution in [2.24, 2.45) is 0 Å². The molecule has 1 aromatic rings. The molecule has 0 aliphatic rings. The zero-order chi connectivity index (χ0) is 12.1. The Hall–Kier alpha value is -1.84. The van der Waals surface area contributed by atoms with Gasteiger partial charge in [-0.3, -0.25) is 4.79 Å².